The van der Waals surface area contributed by atoms with Crippen LogP contribution in [-0.2, 0) is 6.42 Å². The van der Waals surface area contributed by atoms with E-state index in [0.29, 0.717) is 0 Å². The third-order valence-corrected chi connectivity index (χ3v) is 5.95. The molecular weight excluding hydrogens is 338 g/mol. The van der Waals surface area contributed by atoms with Crippen LogP contribution in [0.15, 0.2) is 54.6 Å². The molecule has 3 N–H and O–H groups in total. The fourth-order valence-corrected chi connectivity index (χ4v) is 4.01. The van der Waals surface area contributed by atoms with E-state index in [9.17, 15) is 15.3 Å². The molecule has 146 valence electrons. The number of nitrogens with zero attached hydrogens (tertiary/aromatic N) is 1. The van der Waals surface area contributed by atoms with Crippen molar-refractivity contribution in [3.05, 3.63) is 65.7 Å². The van der Waals surface area contributed by atoms with Crippen LogP contribution in [0.3, 0.4) is 0 Å². The molecule has 0 aromatic heterocycles. The highest BCUT2D eigenvalue weighted by molar-refractivity contribution is 5.28. The van der Waals surface area contributed by atoms with Gasteiger partial charge in [0, 0.05) is 19.1 Å². The van der Waals surface area contributed by atoms with E-state index in [1.807, 2.05) is 13.0 Å². The van der Waals surface area contributed by atoms with Crippen molar-refractivity contribution in [3.8, 4) is 5.75 Å². The molecule has 0 aliphatic carbocycles. The molecule has 4 nitrogen and oxygen atoms in total. The second-order valence-electron chi connectivity index (χ2n) is 7.88. The fraction of sp³-hybridized carbons (Fsp3) is 0.478. The zero-order valence-electron chi connectivity index (χ0n) is 16.1. The van der Waals surface area contributed by atoms with Crippen LogP contribution in [0.5, 0.6) is 5.75 Å². The van der Waals surface area contributed by atoms with Crippen LogP contribution in [0.1, 0.15) is 49.8 Å². The monoisotopic (exact) mass is 369 g/mol. The van der Waals surface area contributed by atoms with Crippen molar-refractivity contribution in [2.24, 2.45) is 0 Å². The second kappa shape index (κ2) is 8.87. The average molecular weight is 370 g/mol. The molecule has 1 fully saturated rings. The van der Waals surface area contributed by atoms with E-state index in [4.69, 9.17) is 0 Å². The van der Waals surface area contributed by atoms with Crippen LogP contribution in [0.2, 0.25) is 0 Å². The number of hydrogen-bond donors (Lipinski definition) is 3. The summed E-state index contributed by atoms with van der Waals surface area (Å²) in [5.74, 6) is 0.206. The molecule has 0 spiro atoms. The van der Waals surface area contributed by atoms with E-state index in [-0.39, 0.29) is 11.8 Å². The van der Waals surface area contributed by atoms with E-state index in [0.717, 1.165) is 50.8 Å². The predicted molar refractivity (Wildman–Crippen MR) is 108 cm³/mol. The smallest absolute Gasteiger partial charge is 0.115 e. The van der Waals surface area contributed by atoms with Crippen molar-refractivity contribution in [1.29, 1.82) is 0 Å². The Morgan fingerprint density at radius 2 is 1.63 bits per heavy atom. The van der Waals surface area contributed by atoms with Crippen molar-refractivity contribution in [1.82, 2.24) is 4.90 Å². The Bertz CT molecular complexity index is 693. The number of aryl methyl sites for hydroxylation is 1. The minimum atomic E-state index is -0.602. The van der Waals surface area contributed by atoms with Gasteiger partial charge in [-0.3, -0.25) is 4.90 Å². The summed E-state index contributed by atoms with van der Waals surface area (Å²) >= 11 is 0. The van der Waals surface area contributed by atoms with Crippen LogP contribution in [-0.4, -0.2) is 45.0 Å². The Labute approximate surface area is 162 Å². The molecule has 2 atom stereocenters. The normalized spacial score (nSPS) is 19.5. The van der Waals surface area contributed by atoms with Gasteiger partial charge in [-0.2, -0.15) is 0 Å². The summed E-state index contributed by atoms with van der Waals surface area (Å²) in [6.45, 7) is 3.60. The van der Waals surface area contributed by atoms with E-state index in [1.165, 1.54) is 5.56 Å². The summed E-state index contributed by atoms with van der Waals surface area (Å²) in [6, 6.07) is 17.1. The van der Waals surface area contributed by atoms with Crippen LogP contribution in [0.4, 0.5) is 0 Å². The Morgan fingerprint density at radius 1 is 1.00 bits per heavy atom. The molecule has 1 aliphatic rings. The number of likely N-dealkylation sites (tertiary alicyclic amines) is 1. The molecule has 0 radical (unpaired) electrons. The third-order valence-electron chi connectivity index (χ3n) is 5.95. The minimum Gasteiger partial charge on any atom is -0.508 e. The lowest BCUT2D eigenvalue weighted by molar-refractivity contribution is -0.0515. The van der Waals surface area contributed by atoms with Gasteiger partial charge in [-0.25, -0.2) is 0 Å². The molecule has 27 heavy (non-hydrogen) atoms. The summed E-state index contributed by atoms with van der Waals surface area (Å²) in [6.07, 6.45) is 3.71. The summed E-state index contributed by atoms with van der Waals surface area (Å²) < 4.78 is 0. The molecule has 2 aromatic carbocycles. The average Bonchev–Trinajstić information content (AvgIpc) is 2.69. The van der Waals surface area contributed by atoms with E-state index >= 15 is 0 Å². The first kappa shape index (κ1) is 19.9. The number of hydrogen-bond acceptors (Lipinski definition) is 4. The number of aliphatic hydroxyl groups excluding tert-OH is 1. The fourth-order valence-electron chi connectivity index (χ4n) is 4.01. The highest BCUT2D eigenvalue weighted by Gasteiger charge is 2.34. The topological polar surface area (TPSA) is 63.9 Å². The van der Waals surface area contributed by atoms with Gasteiger partial charge in [-0.15, -0.1) is 0 Å². The largest absolute Gasteiger partial charge is 0.508 e. The molecule has 1 heterocycles. The van der Waals surface area contributed by atoms with Crippen LogP contribution in [0, 0.1) is 0 Å². The zero-order valence-corrected chi connectivity index (χ0v) is 16.1. The molecule has 1 aliphatic heterocycles. The standard InChI is InChI=1S/C23H31NO3/c1-18(22(26)20-9-11-21(25)12-10-20)24-16-14-23(27,15-17-24)13-5-8-19-6-3-2-4-7-19/h2-4,6-7,9-12,18,22,25-27H,5,8,13-17H2,1H3/t18-,22?/m0/s1. The first-order chi connectivity index (χ1) is 13.0. The maximum absolute atomic E-state index is 10.9. The maximum atomic E-state index is 10.9. The summed E-state index contributed by atoms with van der Waals surface area (Å²) in [5, 5.41) is 31.0. The molecule has 0 saturated carbocycles. The summed E-state index contributed by atoms with van der Waals surface area (Å²) in [4.78, 5) is 2.25. The van der Waals surface area contributed by atoms with Crippen LogP contribution < -0.4 is 0 Å². The van der Waals surface area contributed by atoms with Gasteiger partial charge in [0.25, 0.3) is 0 Å². The minimum absolute atomic E-state index is 0.0246. The quantitative estimate of drug-likeness (QED) is 0.697. The lowest BCUT2D eigenvalue weighted by Gasteiger charge is -2.42. The Balaban J connectivity index is 1.47. The van der Waals surface area contributed by atoms with E-state index < -0.39 is 11.7 Å². The molecule has 1 saturated heterocycles. The molecular formula is C23H31NO3. The van der Waals surface area contributed by atoms with Gasteiger partial charge in [-0.05, 0) is 62.3 Å². The van der Waals surface area contributed by atoms with Gasteiger partial charge in [0.2, 0.25) is 0 Å². The van der Waals surface area contributed by atoms with Gasteiger partial charge >= 0.3 is 0 Å². The molecule has 0 bridgehead atoms. The lowest BCUT2D eigenvalue weighted by atomic mass is 9.85. The lowest BCUT2D eigenvalue weighted by Crippen LogP contribution is -2.49. The number of aliphatic hydroxyl groups is 2. The number of rotatable bonds is 7. The van der Waals surface area contributed by atoms with E-state index in [2.05, 4.69) is 29.2 Å². The van der Waals surface area contributed by atoms with Crippen molar-refractivity contribution in [3.63, 3.8) is 0 Å². The van der Waals surface area contributed by atoms with Gasteiger partial charge in [0.15, 0.2) is 0 Å². The highest BCUT2D eigenvalue weighted by Crippen LogP contribution is 2.31. The van der Waals surface area contributed by atoms with Crippen molar-refractivity contribution in [2.45, 2.75) is 56.8 Å². The molecule has 2 aromatic rings. The SMILES string of the molecule is C[C@@H](C(O)c1ccc(O)cc1)N1CCC(O)(CCCc2ccccc2)CC1. The van der Waals surface area contributed by atoms with Crippen LogP contribution in [0.25, 0.3) is 0 Å². The van der Waals surface area contributed by atoms with Gasteiger partial charge in [0.05, 0.1) is 11.7 Å². The maximum Gasteiger partial charge on any atom is 0.115 e. The Morgan fingerprint density at radius 3 is 2.26 bits per heavy atom. The Kier molecular flexibility index (Phi) is 6.53. The molecule has 4 heteroatoms. The zero-order chi connectivity index (χ0) is 19.3. The molecule has 3 rings (SSSR count). The van der Waals surface area contributed by atoms with Crippen molar-refractivity contribution < 1.29 is 15.3 Å². The van der Waals surface area contributed by atoms with Crippen molar-refractivity contribution in [2.75, 3.05) is 13.1 Å². The number of phenols is 1. The van der Waals surface area contributed by atoms with Gasteiger partial charge in [-0.1, -0.05) is 42.5 Å². The summed E-state index contributed by atoms with van der Waals surface area (Å²) in [5.41, 5.74) is 1.54. The number of phenolic OH excluding ortho intramolecular Hbond substituents is 1. The highest BCUT2D eigenvalue weighted by atomic mass is 16.3. The molecule has 1 unspecified atom stereocenters. The van der Waals surface area contributed by atoms with Crippen molar-refractivity contribution >= 4 is 0 Å². The number of aromatic hydroxyl groups is 1. The first-order valence-electron chi connectivity index (χ1n) is 9.94. The van der Waals surface area contributed by atoms with Crippen LogP contribution >= 0.6 is 0 Å². The van der Waals surface area contributed by atoms with E-state index in [1.54, 1.807) is 24.3 Å². The summed E-state index contributed by atoms with van der Waals surface area (Å²) in [7, 11) is 0. The second-order valence-corrected chi connectivity index (χ2v) is 7.88. The molecule has 0 amide bonds. The predicted octanol–water partition coefficient (Wildman–Crippen LogP) is 3.66. The van der Waals surface area contributed by atoms with Gasteiger partial charge < -0.3 is 15.3 Å². The van der Waals surface area contributed by atoms with Gasteiger partial charge in [0.1, 0.15) is 5.75 Å². The first-order valence-corrected chi connectivity index (χ1v) is 9.94. The third kappa shape index (κ3) is 5.32. The Hall–Kier alpha value is -1.88. The number of benzene rings is 2. The number of piperidine rings is 1.